The summed E-state index contributed by atoms with van der Waals surface area (Å²) in [6.45, 7) is 4.42. The lowest BCUT2D eigenvalue weighted by molar-refractivity contribution is 0.0145. The van der Waals surface area contributed by atoms with Crippen LogP contribution in [0.4, 0.5) is 8.78 Å². The van der Waals surface area contributed by atoms with Gasteiger partial charge in [0.15, 0.2) is 0 Å². The van der Waals surface area contributed by atoms with Crippen molar-refractivity contribution in [3.8, 4) is 0 Å². The number of halogens is 3. The molecule has 1 aromatic rings. The molecule has 0 bridgehead atoms. The van der Waals surface area contributed by atoms with Crippen LogP contribution in [-0.2, 0) is 17.7 Å². The topological polar surface area (TPSA) is 39.1 Å². The van der Waals surface area contributed by atoms with Gasteiger partial charge in [-0.3, -0.25) is 4.68 Å². The van der Waals surface area contributed by atoms with Gasteiger partial charge >= 0.3 is 0 Å². The SMILES string of the molecule is CCn1nc(C)c(Cl)c1CC(CCOCC(F)F)NC. The lowest BCUT2D eigenvalue weighted by Gasteiger charge is -2.17. The fourth-order valence-corrected chi connectivity index (χ4v) is 2.26. The first-order valence-electron chi connectivity index (χ1n) is 6.74. The zero-order valence-corrected chi connectivity index (χ0v) is 12.9. The van der Waals surface area contributed by atoms with Crippen molar-refractivity contribution in [1.29, 1.82) is 0 Å². The number of aromatic nitrogens is 2. The summed E-state index contributed by atoms with van der Waals surface area (Å²) in [5.41, 5.74) is 1.78. The largest absolute Gasteiger partial charge is 0.375 e. The van der Waals surface area contributed by atoms with Crippen molar-refractivity contribution in [3.05, 3.63) is 16.4 Å². The fraction of sp³-hybridized carbons (Fsp3) is 0.769. The van der Waals surface area contributed by atoms with E-state index in [1.54, 1.807) is 0 Å². The second kappa shape index (κ2) is 8.54. The average molecular weight is 310 g/mol. The van der Waals surface area contributed by atoms with Gasteiger partial charge in [-0.25, -0.2) is 8.78 Å². The van der Waals surface area contributed by atoms with E-state index >= 15 is 0 Å². The van der Waals surface area contributed by atoms with Crippen LogP contribution in [0.2, 0.25) is 5.02 Å². The molecule has 0 aliphatic carbocycles. The van der Waals surface area contributed by atoms with E-state index in [4.69, 9.17) is 16.3 Å². The van der Waals surface area contributed by atoms with E-state index in [-0.39, 0.29) is 6.04 Å². The standard InChI is InChI=1S/C13H22ClF2N3O/c1-4-19-11(13(14)9(2)18-19)7-10(17-3)5-6-20-8-12(15)16/h10,12,17H,4-8H2,1-3H3. The maximum absolute atomic E-state index is 12.0. The van der Waals surface area contributed by atoms with E-state index in [9.17, 15) is 8.78 Å². The summed E-state index contributed by atoms with van der Waals surface area (Å²) < 4.78 is 30.7. The number of likely N-dealkylation sites (N-methyl/N-ethyl adjacent to an activating group) is 1. The lowest BCUT2D eigenvalue weighted by atomic mass is 10.1. The first-order chi connectivity index (χ1) is 9.49. The number of aryl methyl sites for hydroxylation is 2. The third-order valence-electron chi connectivity index (χ3n) is 3.16. The Morgan fingerprint density at radius 1 is 1.45 bits per heavy atom. The van der Waals surface area contributed by atoms with Gasteiger partial charge in [-0.1, -0.05) is 11.6 Å². The van der Waals surface area contributed by atoms with Crippen LogP contribution in [0.3, 0.4) is 0 Å². The number of nitrogens with zero attached hydrogens (tertiary/aromatic N) is 2. The molecule has 0 aliphatic rings. The summed E-state index contributed by atoms with van der Waals surface area (Å²) >= 11 is 6.26. The molecule has 0 aliphatic heterocycles. The van der Waals surface area contributed by atoms with Crippen LogP contribution in [0.25, 0.3) is 0 Å². The summed E-state index contributed by atoms with van der Waals surface area (Å²) in [7, 11) is 1.84. The molecule has 1 N–H and O–H groups in total. The quantitative estimate of drug-likeness (QED) is 0.713. The molecular weight excluding hydrogens is 288 g/mol. The predicted octanol–water partition coefficient (Wildman–Crippen LogP) is 2.67. The third kappa shape index (κ3) is 5.00. The molecule has 1 heterocycles. The lowest BCUT2D eigenvalue weighted by Crippen LogP contribution is -2.30. The Kier molecular flexibility index (Phi) is 7.40. The minimum atomic E-state index is -2.42. The highest BCUT2D eigenvalue weighted by molar-refractivity contribution is 6.31. The van der Waals surface area contributed by atoms with Crippen molar-refractivity contribution in [1.82, 2.24) is 15.1 Å². The highest BCUT2D eigenvalue weighted by Crippen LogP contribution is 2.22. The van der Waals surface area contributed by atoms with Gasteiger partial charge in [0, 0.05) is 25.6 Å². The Morgan fingerprint density at radius 3 is 2.70 bits per heavy atom. The van der Waals surface area contributed by atoms with Gasteiger partial charge in [-0.05, 0) is 27.3 Å². The summed E-state index contributed by atoms with van der Waals surface area (Å²) in [6, 6.07) is 0.117. The van der Waals surface area contributed by atoms with Gasteiger partial charge in [0.05, 0.1) is 16.4 Å². The molecule has 0 amide bonds. The molecule has 0 fully saturated rings. The Morgan fingerprint density at radius 2 is 2.15 bits per heavy atom. The molecular formula is C13H22ClF2N3O. The van der Waals surface area contributed by atoms with Gasteiger partial charge in [0.25, 0.3) is 6.43 Å². The van der Waals surface area contributed by atoms with E-state index in [2.05, 4.69) is 10.4 Å². The van der Waals surface area contributed by atoms with E-state index < -0.39 is 13.0 Å². The normalized spacial score (nSPS) is 13.2. The number of ether oxygens (including phenoxy) is 1. The van der Waals surface area contributed by atoms with Gasteiger partial charge in [0.2, 0.25) is 0 Å². The summed E-state index contributed by atoms with van der Waals surface area (Å²) in [5, 5.41) is 8.20. The molecule has 0 aromatic carbocycles. The molecule has 4 nitrogen and oxygen atoms in total. The van der Waals surface area contributed by atoms with Gasteiger partial charge < -0.3 is 10.1 Å². The minimum Gasteiger partial charge on any atom is -0.375 e. The third-order valence-corrected chi connectivity index (χ3v) is 3.65. The summed E-state index contributed by atoms with van der Waals surface area (Å²) in [5.74, 6) is 0. The first-order valence-corrected chi connectivity index (χ1v) is 7.12. The molecule has 1 atom stereocenters. The molecule has 1 rings (SSSR count). The zero-order chi connectivity index (χ0) is 15.1. The number of rotatable bonds is 9. The average Bonchev–Trinajstić information content (AvgIpc) is 2.69. The molecule has 1 aromatic heterocycles. The molecule has 20 heavy (non-hydrogen) atoms. The highest BCUT2D eigenvalue weighted by atomic mass is 35.5. The molecule has 0 saturated heterocycles. The monoisotopic (exact) mass is 309 g/mol. The molecule has 116 valence electrons. The molecule has 0 spiro atoms. The van der Waals surface area contributed by atoms with Crippen LogP contribution in [0.5, 0.6) is 0 Å². The van der Waals surface area contributed by atoms with E-state index in [1.807, 2.05) is 25.6 Å². The fourth-order valence-electron chi connectivity index (χ4n) is 2.04. The second-order valence-electron chi connectivity index (χ2n) is 4.61. The Hall–Kier alpha value is -0.720. The highest BCUT2D eigenvalue weighted by Gasteiger charge is 2.17. The van der Waals surface area contributed by atoms with Crippen LogP contribution >= 0.6 is 11.6 Å². The maximum atomic E-state index is 12.0. The Balaban J connectivity index is 2.55. The van der Waals surface area contributed by atoms with Gasteiger partial charge in [0.1, 0.15) is 6.61 Å². The second-order valence-corrected chi connectivity index (χ2v) is 4.98. The van der Waals surface area contributed by atoms with Crippen LogP contribution in [0.15, 0.2) is 0 Å². The van der Waals surface area contributed by atoms with Crippen LogP contribution in [0, 0.1) is 6.92 Å². The van der Waals surface area contributed by atoms with Crippen LogP contribution < -0.4 is 5.32 Å². The van der Waals surface area contributed by atoms with E-state index in [1.165, 1.54) is 0 Å². The Bertz CT molecular complexity index is 413. The number of hydrogen-bond acceptors (Lipinski definition) is 3. The Labute approximate surface area is 123 Å². The van der Waals surface area contributed by atoms with Crippen LogP contribution in [0.1, 0.15) is 24.7 Å². The van der Waals surface area contributed by atoms with Crippen molar-refractivity contribution in [2.24, 2.45) is 0 Å². The number of alkyl halides is 2. The van der Waals surface area contributed by atoms with Crippen molar-refractivity contribution < 1.29 is 13.5 Å². The minimum absolute atomic E-state index is 0.117. The molecule has 7 heteroatoms. The number of nitrogens with one attached hydrogen (secondary N) is 1. The van der Waals surface area contributed by atoms with Crippen molar-refractivity contribution >= 4 is 11.6 Å². The summed E-state index contributed by atoms with van der Waals surface area (Å²) in [4.78, 5) is 0. The number of hydrogen-bond donors (Lipinski definition) is 1. The predicted molar refractivity (Wildman–Crippen MR) is 75.6 cm³/mol. The molecule has 0 radical (unpaired) electrons. The smallest absolute Gasteiger partial charge is 0.261 e. The zero-order valence-electron chi connectivity index (χ0n) is 12.1. The van der Waals surface area contributed by atoms with Crippen molar-refractivity contribution in [2.75, 3.05) is 20.3 Å². The van der Waals surface area contributed by atoms with Gasteiger partial charge in [-0.2, -0.15) is 5.10 Å². The molecule has 0 saturated carbocycles. The summed E-state index contributed by atoms with van der Waals surface area (Å²) in [6.07, 6.45) is -1.07. The van der Waals surface area contributed by atoms with Gasteiger partial charge in [-0.15, -0.1) is 0 Å². The van der Waals surface area contributed by atoms with Crippen molar-refractivity contribution in [2.45, 2.75) is 45.7 Å². The molecule has 1 unspecified atom stereocenters. The van der Waals surface area contributed by atoms with E-state index in [0.717, 1.165) is 17.9 Å². The van der Waals surface area contributed by atoms with Crippen molar-refractivity contribution in [3.63, 3.8) is 0 Å². The van der Waals surface area contributed by atoms with Crippen LogP contribution in [-0.4, -0.2) is 42.5 Å². The first kappa shape index (κ1) is 17.3. The maximum Gasteiger partial charge on any atom is 0.261 e. The van der Waals surface area contributed by atoms with E-state index in [0.29, 0.717) is 24.5 Å².